The smallest absolute Gasteiger partial charge is 0.231 e. The minimum absolute atomic E-state index is 0.0837. The SMILES string of the molecule is CC1(C(=O)Nc2ccccc2Cn2cccn2)CCNC1. The van der Waals surface area contributed by atoms with Crippen LogP contribution >= 0.6 is 0 Å². The van der Waals surface area contributed by atoms with Crippen LogP contribution in [0.5, 0.6) is 0 Å². The summed E-state index contributed by atoms with van der Waals surface area (Å²) in [5, 5.41) is 10.6. The highest BCUT2D eigenvalue weighted by Crippen LogP contribution is 2.27. The van der Waals surface area contributed by atoms with Gasteiger partial charge in [-0.1, -0.05) is 18.2 Å². The van der Waals surface area contributed by atoms with Crippen LogP contribution in [0.1, 0.15) is 18.9 Å². The summed E-state index contributed by atoms with van der Waals surface area (Å²) in [6.45, 7) is 4.30. The number of nitrogens with one attached hydrogen (secondary N) is 2. The normalized spacial score (nSPS) is 21.4. The van der Waals surface area contributed by atoms with Crippen molar-refractivity contribution in [3.63, 3.8) is 0 Å². The molecule has 1 atom stereocenters. The van der Waals surface area contributed by atoms with Crippen LogP contribution in [-0.4, -0.2) is 28.8 Å². The lowest BCUT2D eigenvalue weighted by molar-refractivity contribution is -0.123. The molecule has 110 valence electrons. The van der Waals surface area contributed by atoms with Crippen molar-refractivity contribution in [2.45, 2.75) is 19.9 Å². The molecule has 1 amide bonds. The summed E-state index contributed by atoms with van der Waals surface area (Å²) in [6.07, 6.45) is 4.55. The Hall–Kier alpha value is -2.14. The molecule has 2 N–H and O–H groups in total. The van der Waals surface area contributed by atoms with Gasteiger partial charge in [-0.25, -0.2) is 0 Å². The van der Waals surface area contributed by atoms with Gasteiger partial charge in [0.15, 0.2) is 0 Å². The number of hydrogen-bond acceptors (Lipinski definition) is 3. The van der Waals surface area contributed by atoms with Gasteiger partial charge in [-0.3, -0.25) is 9.48 Å². The predicted octanol–water partition coefficient (Wildman–Crippen LogP) is 1.87. The van der Waals surface area contributed by atoms with E-state index >= 15 is 0 Å². The number of benzene rings is 1. The summed E-state index contributed by atoms with van der Waals surface area (Å²) in [6, 6.07) is 9.78. The highest BCUT2D eigenvalue weighted by Gasteiger charge is 2.36. The molecule has 0 radical (unpaired) electrons. The fourth-order valence-corrected chi connectivity index (χ4v) is 2.63. The fraction of sp³-hybridized carbons (Fsp3) is 0.375. The third kappa shape index (κ3) is 2.97. The first-order valence-corrected chi connectivity index (χ1v) is 7.25. The molecule has 2 aromatic rings. The number of aromatic nitrogens is 2. The van der Waals surface area contributed by atoms with Gasteiger partial charge in [0, 0.05) is 24.6 Å². The Morgan fingerprint density at radius 3 is 3.00 bits per heavy atom. The highest BCUT2D eigenvalue weighted by atomic mass is 16.2. The second-order valence-corrected chi connectivity index (χ2v) is 5.80. The maximum absolute atomic E-state index is 12.5. The van der Waals surface area contributed by atoms with Crippen molar-refractivity contribution in [1.29, 1.82) is 0 Å². The van der Waals surface area contributed by atoms with Crippen LogP contribution in [0, 0.1) is 5.41 Å². The molecule has 1 fully saturated rings. The number of anilines is 1. The second-order valence-electron chi connectivity index (χ2n) is 5.80. The molecule has 0 aliphatic carbocycles. The number of amides is 1. The van der Waals surface area contributed by atoms with Gasteiger partial charge in [0.1, 0.15) is 0 Å². The lowest BCUT2D eigenvalue weighted by atomic mass is 9.88. The molecule has 0 saturated carbocycles. The summed E-state index contributed by atoms with van der Waals surface area (Å²) < 4.78 is 1.85. The zero-order chi connectivity index (χ0) is 14.7. The zero-order valence-corrected chi connectivity index (χ0v) is 12.2. The molecular weight excluding hydrogens is 264 g/mol. The van der Waals surface area contributed by atoms with Crippen molar-refractivity contribution in [1.82, 2.24) is 15.1 Å². The molecular formula is C16H20N4O. The predicted molar refractivity (Wildman–Crippen MR) is 82.0 cm³/mol. The van der Waals surface area contributed by atoms with Crippen LogP contribution in [0.3, 0.4) is 0 Å². The molecule has 1 saturated heterocycles. The number of hydrogen-bond donors (Lipinski definition) is 2. The van der Waals surface area contributed by atoms with E-state index in [0.717, 1.165) is 30.8 Å². The minimum Gasteiger partial charge on any atom is -0.325 e. The largest absolute Gasteiger partial charge is 0.325 e. The van der Waals surface area contributed by atoms with Crippen molar-refractivity contribution >= 4 is 11.6 Å². The zero-order valence-electron chi connectivity index (χ0n) is 12.2. The second kappa shape index (κ2) is 5.69. The van der Waals surface area contributed by atoms with Gasteiger partial charge in [-0.15, -0.1) is 0 Å². The van der Waals surface area contributed by atoms with Crippen LogP contribution in [0.4, 0.5) is 5.69 Å². The number of carbonyl (C=O) groups excluding carboxylic acids is 1. The average molecular weight is 284 g/mol. The van der Waals surface area contributed by atoms with Gasteiger partial charge < -0.3 is 10.6 Å². The van der Waals surface area contributed by atoms with E-state index in [1.165, 1.54) is 0 Å². The van der Waals surface area contributed by atoms with Crippen LogP contribution in [0.2, 0.25) is 0 Å². The number of rotatable bonds is 4. The first-order chi connectivity index (χ1) is 10.2. The Morgan fingerprint density at radius 2 is 2.29 bits per heavy atom. The Kier molecular flexibility index (Phi) is 3.75. The molecule has 0 spiro atoms. The molecule has 1 unspecified atom stereocenters. The van der Waals surface area contributed by atoms with Gasteiger partial charge in [0.25, 0.3) is 0 Å². The topological polar surface area (TPSA) is 59.0 Å². The average Bonchev–Trinajstić information content (AvgIpc) is 3.13. The monoisotopic (exact) mass is 284 g/mol. The summed E-state index contributed by atoms with van der Waals surface area (Å²) in [5.41, 5.74) is 1.61. The molecule has 5 nitrogen and oxygen atoms in total. The standard InChI is InChI=1S/C16H20N4O/c1-16(7-9-17-12-16)15(21)19-14-6-3-2-5-13(14)11-20-10-4-8-18-20/h2-6,8,10,17H,7,9,11-12H2,1H3,(H,19,21). The van der Waals surface area contributed by atoms with Gasteiger partial charge in [-0.2, -0.15) is 5.10 Å². The first-order valence-electron chi connectivity index (χ1n) is 7.25. The van der Waals surface area contributed by atoms with Gasteiger partial charge in [0.2, 0.25) is 5.91 Å². The molecule has 1 aromatic carbocycles. The summed E-state index contributed by atoms with van der Waals surface area (Å²) in [4.78, 5) is 12.5. The summed E-state index contributed by atoms with van der Waals surface area (Å²) >= 11 is 0. The number of nitrogens with zero attached hydrogens (tertiary/aromatic N) is 2. The lowest BCUT2D eigenvalue weighted by Crippen LogP contribution is -2.35. The van der Waals surface area contributed by atoms with Crippen LogP contribution in [0.15, 0.2) is 42.7 Å². The Labute approximate surface area is 124 Å². The highest BCUT2D eigenvalue weighted by molar-refractivity contribution is 5.96. The van der Waals surface area contributed by atoms with Crippen LogP contribution in [-0.2, 0) is 11.3 Å². The molecule has 3 rings (SSSR count). The van der Waals surface area contributed by atoms with Crippen molar-refractivity contribution < 1.29 is 4.79 Å². The van der Waals surface area contributed by atoms with E-state index in [4.69, 9.17) is 0 Å². The number of carbonyl (C=O) groups is 1. The number of para-hydroxylation sites is 1. The molecule has 0 bridgehead atoms. The van der Waals surface area contributed by atoms with E-state index in [-0.39, 0.29) is 11.3 Å². The lowest BCUT2D eigenvalue weighted by Gasteiger charge is -2.22. The maximum Gasteiger partial charge on any atom is 0.231 e. The Bertz CT molecular complexity index is 615. The molecule has 5 heteroatoms. The van der Waals surface area contributed by atoms with Crippen molar-refractivity contribution in [3.05, 3.63) is 48.3 Å². The van der Waals surface area contributed by atoms with E-state index in [9.17, 15) is 4.79 Å². The fourth-order valence-electron chi connectivity index (χ4n) is 2.63. The maximum atomic E-state index is 12.5. The minimum atomic E-state index is -0.321. The molecule has 21 heavy (non-hydrogen) atoms. The molecule has 1 aliphatic rings. The third-order valence-electron chi connectivity index (χ3n) is 4.07. The van der Waals surface area contributed by atoms with E-state index in [0.29, 0.717) is 6.54 Å². The quantitative estimate of drug-likeness (QED) is 0.901. The Balaban J connectivity index is 1.77. The third-order valence-corrected chi connectivity index (χ3v) is 4.07. The molecule has 2 heterocycles. The van der Waals surface area contributed by atoms with Crippen LogP contribution < -0.4 is 10.6 Å². The van der Waals surface area contributed by atoms with Crippen molar-refractivity contribution in [2.75, 3.05) is 18.4 Å². The van der Waals surface area contributed by atoms with Crippen molar-refractivity contribution in [2.24, 2.45) is 5.41 Å². The van der Waals surface area contributed by atoms with E-state index in [2.05, 4.69) is 15.7 Å². The Morgan fingerprint density at radius 1 is 1.43 bits per heavy atom. The van der Waals surface area contributed by atoms with E-state index < -0.39 is 0 Å². The first kappa shape index (κ1) is 13.8. The van der Waals surface area contributed by atoms with E-state index in [1.807, 2.05) is 48.1 Å². The molecule has 1 aliphatic heterocycles. The summed E-state index contributed by atoms with van der Waals surface area (Å²) in [5.74, 6) is 0.0837. The van der Waals surface area contributed by atoms with Gasteiger partial charge in [-0.05, 0) is 37.6 Å². The van der Waals surface area contributed by atoms with Gasteiger partial charge in [0.05, 0.1) is 12.0 Å². The van der Waals surface area contributed by atoms with Crippen molar-refractivity contribution in [3.8, 4) is 0 Å². The summed E-state index contributed by atoms with van der Waals surface area (Å²) in [7, 11) is 0. The van der Waals surface area contributed by atoms with E-state index in [1.54, 1.807) is 6.20 Å². The van der Waals surface area contributed by atoms with Crippen LogP contribution in [0.25, 0.3) is 0 Å². The van der Waals surface area contributed by atoms with Gasteiger partial charge >= 0.3 is 0 Å². The molecule has 1 aromatic heterocycles.